The summed E-state index contributed by atoms with van der Waals surface area (Å²) in [4.78, 5) is 11.9. The van der Waals surface area contributed by atoms with Crippen LogP contribution in [0.25, 0.3) is 0 Å². The molecule has 0 unspecified atom stereocenters. The first-order chi connectivity index (χ1) is 8.60. The van der Waals surface area contributed by atoms with E-state index >= 15 is 0 Å². The van der Waals surface area contributed by atoms with Crippen LogP contribution < -0.4 is 5.56 Å². The second-order valence-electron chi connectivity index (χ2n) is 4.08. The number of aromatic nitrogens is 1. The van der Waals surface area contributed by atoms with Crippen molar-refractivity contribution < 1.29 is 0 Å². The SMILES string of the molecule is Cc1cc(Br)cn(Cc2ccc(C#N)cc2)c1=O. The molecule has 4 heteroatoms. The maximum Gasteiger partial charge on any atom is 0.253 e. The first kappa shape index (κ1) is 12.6. The van der Waals surface area contributed by atoms with Crippen molar-refractivity contribution in [1.82, 2.24) is 4.57 Å². The minimum atomic E-state index is 0.00237. The summed E-state index contributed by atoms with van der Waals surface area (Å²) in [6, 6.07) is 11.1. The third-order valence-electron chi connectivity index (χ3n) is 2.67. The number of nitrogens with zero attached hydrogens (tertiary/aromatic N) is 2. The molecule has 0 amide bonds. The van der Waals surface area contributed by atoms with Gasteiger partial charge in [0.25, 0.3) is 5.56 Å². The highest BCUT2D eigenvalue weighted by atomic mass is 79.9. The fourth-order valence-electron chi connectivity index (χ4n) is 1.74. The topological polar surface area (TPSA) is 45.8 Å². The summed E-state index contributed by atoms with van der Waals surface area (Å²) in [7, 11) is 0. The van der Waals surface area contributed by atoms with E-state index in [0.717, 1.165) is 10.0 Å². The molecule has 90 valence electrons. The molecule has 0 radical (unpaired) electrons. The second kappa shape index (κ2) is 5.19. The standard InChI is InChI=1S/C14H11BrN2O/c1-10-6-13(15)9-17(14(10)18)8-12-4-2-11(7-16)3-5-12/h2-6,9H,8H2,1H3. The van der Waals surface area contributed by atoms with Gasteiger partial charge in [-0.15, -0.1) is 0 Å². The van der Waals surface area contributed by atoms with E-state index in [-0.39, 0.29) is 5.56 Å². The Morgan fingerprint density at radius 3 is 2.61 bits per heavy atom. The lowest BCUT2D eigenvalue weighted by atomic mass is 10.1. The van der Waals surface area contributed by atoms with Crippen LogP contribution in [-0.2, 0) is 6.54 Å². The minimum absolute atomic E-state index is 0.00237. The molecular weight excluding hydrogens is 292 g/mol. The van der Waals surface area contributed by atoms with Crippen LogP contribution in [0, 0.1) is 18.3 Å². The Hall–Kier alpha value is -1.86. The smallest absolute Gasteiger partial charge is 0.253 e. The molecule has 0 atom stereocenters. The average Bonchev–Trinajstić information content (AvgIpc) is 2.36. The number of aryl methyl sites for hydroxylation is 1. The highest BCUT2D eigenvalue weighted by Gasteiger charge is 2.03. The van der Waals surface area contributed by atoms with Crippen LogP contribution in [0.1, 0.15) is 16.7 Å². The summed E-state index contributed by atoms with van der Waals surface area (Å²) in [5.41, 5.74) is 2.32. The van der Waals surface area contributed by atoms with Crippen LogP contribution in [0.15, 0.2) is 45.8 Å². The lowest BCUT2D eigenvalue weighted by molar-refractivity contribution is 0.749. The zero-order valence-corrected chi connectivity index (χ0v) is 11.4. The highest BCUT2D eigenvalue weighted by Crippen LogP contribution is 2.10. The van der Waals surface area contributed by atoms with Crippen LogP contribution in [0.5, 0.6) is 0 Å². The van der Waals surface area contributed by atoms with E-state index in [2.05, 4.69) is 22.0 Å². The van der Waals surface area contributed by atoms with Crippen LogP contribution in [0.3, 0.4) is 0 Å². The van der Waals surface area contributed by atoms with Crippen molar-refractivity contribution >= 4 is 15.9 Å². The molecule has 0 aliphatic carbocycles. The molecule has 3 nitrogen and oxygen atoms in total. The van der Waals surface area contributed by atoms with E-state index < -0.39 is 0 Å². The lowest BCUT2D eigenvalue weighted by Gasteiger charge is -2.08. The number of rotatable bonds is 2. The Morgan fingerprint density at radius 1 is 1.33 bits per heavy atom. The monoisotopic (exact) mass is 302 g/mol. The van der Waals surface area contributed by atoms with Crippen LogP contribution in [0.4, 0.5) is 0 Å². The average molecular weight is 303 g/mol. The lowest BCUT2D eigenvalue weighted by Crippen LogP contribution is -2.22. The van der Waals surface area contributed by atoms with Gasteiger partial charge >= 0.3 is 0 Å². The third kappa shape index (κ3) is 2.69. The molecule has 2 aromatic rings. The van der Waals surface area contributed by atoms with E-state index in [1.165, 1.54) is 0 Å². The fourth-order valence-corrected chi connectivity index (χ4v) is 2.33. The van der Waals surface area contributed by atoms with Crippen molar-refractivity contribution in [2.45, 2.75) is 13.5 Å². The molecule has 1 aromatic heterocycles. The number of hydrogen-bond acceptors (Lipinski definition) is 2. The normalized spacial score (nSPS) is 10.1. The van der Waals surface area contributed by atoms with E-state index in [1.54, 1.807) is 35.9 Å². The fraction of sp³-hybridized carbons (Fsp3) is 0.143. The molecule has 1 aromatic carbocycles. The molecular formula is C14H11BrN2O. The molecule has 0 bridgehead atoms. The minimum Gasteiger partial charge on any atom is -0.310 e. The molecule has 2 rings (SSSR count). The number of pyridine rings is 1. The van der Waals surface area contributed by atoms with Crippen LogP contribution in [-0.4, -0.2) is 4.57 Å². The van der Waals surface area contributed by atoms with E-state index in [0.29, 0.717) is 17.7 Å². The van der Waals surface area contributed by atoms with Gasteiger partial charge in [-0.3, -0.25) is 4.79 Å². The summed E-state index contributed by atoms with van der Waals surface area (Å²) in [6.45, 7) is 2.30. The summed E-state index contributed by atoms with van der Waals surface area (Å²) in [6.07, 6.45) is 1.77. The van der Waals surface area contributed by atoms with E-state index in [9.17, 15) is 4.79 Å². The predicted molar refractivity (Wildman–Crippen MR) is 73.4 cm³/mol. The molecule has 0 fully saturated rings. The molecule has 0 aliphatic heterocycles. The quantitative estimate of drug-likeness (QED) is 0.856. The van der Waals surface area contributed by atoms with Gasteiger partial charge in [0, 0.05) is 16.2 Å². The van der Waals surface area contributed by atoms with Crippen molar-refractivity contribution in [2.75, 3.05) is 0 Å². The summed E-state index contributed by atoms with van der Waals surface area (Å²) < 4.78 is 2.54. The van der Waals surface area contributed by atoms with Gasteiger partial charge in [0.2, 0.25) is 0 Å². The third-order valence-corrected chi connectivity index (χ3v) is 3.10. The van der Waals surface area contributed by atoms with Gasteiger partial charge in [-0.2, -0.15) is 5.26 Å². The summed E-state index contributed by atoms with van der Waals surface area (Å²) >= 11 is 3.38. The van der Waals surface area contributed by atoms with Crippen molar-refractivity contribution in [3.05, 3.63) is 68.0 Å². The van der Waals surface area contributed by atoms with E-state index in [1.807, 2.05) is 12.1 Å². The van der Waals surface area contributed by atoms with Gasteiger partial charge in [0.05, 0.1) is 18.2 Å². The van der Waals surface area contributed by atoms with Gasteiger partial charge < -0.3 is 4.57 Å². The Morgan fingerprint density at radius 2 is 2.00 bits per heavy atom. The zero-order valence-electron chi connectivity index (χ0n) is 9.85. The van der Waals surface area contributed by atoms with Crippen molar-refractivity contribution in [1.29, 1.82) is 5.26 Å². The Bertz CT molecular complexity index is 666. The Balaban J connectivity index is 2.34. The molecule has 0 N–H and O–H groups in total. The summed E-state index contributed by atoms with van der Waals surface area (Å²) in [5.74, 6) is 0. The van der Waals surface area contributed by atoms with E-state index in [4.69, 9.17) is 5.26 Å². The number of hydrogen-bond donors (Lipinski definition) is 0. The Labute approximate surface area is 113 Å². The number of benzene rings is 1. The van der Waals surface area contributed by atoms with Crippen molar-refractivity contribution in [3.8, 4) is 6.07 Å². The van der Waals surface area contributed by atoms with Crippen molar-refractivity contribution in [3.63, 3.8) is 0 Å². The maximum atomic E-state index is 11.9. The second-order valence-corrected chi connectivity index (χ2v) is 5.00. The maximum absolute atomic E-state index is 11.9. The molecule has 0 aliphatic rings. The van der Waals surface area contributed by atoms with Crippen LogP contribution >= 0.6 is 15.9 Å². The molecule has 18 heavy (non-hydrogen) atoms. The number of nitriles is 1. The largest absolute Gasteiger partial charge is 0.310 e. The first-order valence-corrected chi connectivity index (χ1v) is 6.25. The molecule has 0 spiro atoms. The summed E-state index contributed by atoms with van der Waals surface area (Å²) in [5, 5.41) is 8.72. The number of halogens is 1. The van der Waals surface area contributed by atoms with Gasteiger partial charge in [-0.25, -0.2) is 0 Å². The molecule has 1 heterocycles. The van der Waals surface area contributed by atoms with Crippen molar-refractivity contribution in [2.24, 2.45) is 0 Å². The first-order valence-electron chi connectivity index (χ1n) is 5.46. The van der Waals surface area contributed by atoms with Gasteiger partial charge in [-0.05, 0) is 46.6 Å². The van der Waals surface area contributed by atoms with Gasteiger partial charge in [0.1, 0.15) is 0 Å². The Kier molecular flexibility index (Phi) is 3.63. The highest BCUT2D eigenvalue weighted by molar-refractivity contribution is 9.10. The van der Waals surface area contributed by atoms with Crippen LogP contribution in [0.2, 0.25) is 0 Å². The van der Waals surface area contributed by atoms with Gasteiger partial charge in [0.15, 0.2) is 0 Å². The van der Waals surface area contributed by atoms with Gasteiger partial charge in [-0.1, -0.05) is 12.1 Å². The molecule has 0 saturated heterocycles. The molecule has 0 saturated carbocycles. The predicted octanol–water partition coefficient (Wildman–Crippen LogP) is 2.84. The zero-order chi connectivity index (χ0) is 13.1.